The number of unbranched alkanes of at least 4 members (excludes halogenated alkanes) is 4. The molecule has 0 fully saturated rings. The third-order valence-corrected chi connectivity index (χ3v) is 2.02. The van der Waals surface area contributed by atoms with E-state index in [9.17, 15) is 4.79 Å². The molecule has 0 aromatic rings. The second-order valence-corrected chi connectivity index (χ2v) is 3.10. The molecule has 0 aliphatic rings. The second-order valence-electron chi connectivity index (χ2n) is 3.10. The first-order valence-electron chi connectivity index (χ1n) is 4.99. The van der Waals surface area contributed by atoms with E-state index in [2.05, 4.69) is 13.0 Å². The van der Waals surface area contributed by atoms with Gasteiger partial charge in [0, 0.05) is 0 Å². The van der Waals surface area contributed by atoms with E-state index in [4.69, 9.17) is 0 Å². The maximum Gasteiger partial charge on any atom is 0.145 e. The largest absolute Gasteiger partial charge is 0.298 e. The number of allylic oxidation sites excluding steroid dienone is 2. The second kappa shape index (κ2) is 8.51. The first-order chi connectivity index (χ1) is 5.85. The van der Waals surface area contributed by atoms with Crippen molar-refractivity contribution in [2.24, 2.45) is 0 Å². The lowest BCUT2D eigenvalue weighted by atomic mass is 10.1. The van der Waals surface area contributed by atoms with E-state index in [1.54, 1.807) is 0 Å². The third-order valence-electron chi connectivity index (χ3n) is 2.02. The molecule has 0 spiro atoms. The van der Waals surface area contributed by atoms with Crippen molar-refractivity contribution in [2.75, 3.05) is 0 Å². The van der Waals surface area contributed by atoms with Gasteiger partial charge in [0.2, 0.25) is 0 Å². The quantitative estimate of drug-likeness (QED) is 0.323. The Hall–Kier alpha value is -0.590. The molecule has 0 unspecified atom stereocenters. The number of hydrogen-bond acceptors (Lipinski definition) is 1. The molecule has 0 N–H and O–H groups in total. The van der Waals surface area contributed by atoms with Gasteiger partial charge in [-0.2, -0.15) is 0 Å². The maximum atomic E-state index is 10.4. The molecule has 12 heavy (non-hydrogen) atoms. The Morgan fingerprint density at radius 1 is 1.17 bits per heavy atom. The summed E-state index contributed by atoms with van der Waals surface area (Å²) in [7, 11) is 0. The normalized spacial score (nSPS) is 11.7. The van der Waals surface area contributed by atoms with Crippen molar-refractivity contribution in [2.45, 2.75) is 52.4 Å². The number of aldehydes is 1. The van der Waals surface area contributed by atoms with Crippen LogP contribution in [0.25, 0.3) is 0 Å². The SMILES string of the molecule is CCCCCCC=C(C=O)CC. The highest BCUT2D eigenvalue weighted by Gasteiger charge is 1.90. The van der Waals surface area contributed by atoms with Gasteiger partial charge < -0.3 is 0 Å². The van der Waals surface area contributed by atoms with E-state index in [1.165, 1.54) is 25.7 Å². The summed E-state index contributed by atoms with van der Waals surface area (Å²) in [6.45, 7) is 4.23. The summed E-state index contributed by atoms with van der Waals surface area (Å²) in [4.78, 5) is 10.4. The van der Waals surface area contributed by atoms with Gasteiger partial charge in [0.05, 0.1) is 0 Å². The van der Waals surface area contributed by atoms with Crippen molar-refractivity contribution in [1.82, 2.24) is 0 Å². The van der Waals surface area contributed by atoms with Crippen molar-refractivity contribution < 1.29 is 4.79 Å². The van der Waals surface area contributed by atoms with Crippen LogP contribution in [-0.4, -0.2) is 6.29 Å². The Kier molecular flexibility index (Phi) is 8.09. The summed E-state index contributed by atoms with van der Waals surface area (Å²) in [6.07, 6.45) is 10.1. The zero-order valence-electron chi connectivity index (χ0n) is 8.31. The van der Waals surface area contributed by atoms with Crippen LogP contribution >= 0.6 is 0 Å². The van der Waals surface area contributed by atoms with Gasteiger partial charge in [0.15, 0.2) is 0 Å². The molecule has 0 rings (SSSR count). The molecule has 0 heterocycles. The van der Waals surface area contributed by atoms with Gasteiger partial charge in [-0.25, -0.2) is 0 Å². The van der Waals surface area contributed by atoms with E-state index in [0.29, 0.717) is 0 Å². The molecule has 0 amide bonds. The smallest absolute Gasteiger partial charge is 0.145 e. The van der Waals surface area contributed by atoms with E-state index in [-0.39, 0.29) is 0 Å². The van der Waals surface area contributed by atoms with Crippen molar-refractivity contribution in [3.05, 3.63) is 11.6 Å². The Morgan fingerprint density at radius 3 is 2.42 bits per heavy atom. The third kappa shape index (κ3) is 6.14. The molecule has 0 bridgehead atoms. The molecule has 1 heteroatoms. The van der Waals surface area contributed by atoms with Crippen LogP contribution < -0.4 is 0 Å². The molecule has 0 saturated heterocycles. The molecule has 70 valence electrons. The lowest BCUT2D eigenvalue weighted by Crippen LogP contribution is -1.82. The standard InChI is InChI=1S/C11H20O/c1-3-5-6-7-8-9-11(4-2)10-12/h9-10H,3-8H2,1-2H3. The van der Waals surface area contributed by atoms with E-state index < -0.39 is 0 Å². The first-order valence-corrected chi connectivity index (χ1v) is 4.99. The lowest BCUT2D eigenvalue weighted by molar-refractivity contribution is -0.105. The Balaban J connectivity index is 3.37. The highest BCUT2D eigenvalue weighted by Crippen LogP contribution is 2.05. The highest BCUT2D eigenvalue weighted by atomic mass is 16.1. The fourth-order valence-electron chi connectivity index (χ4n) is 1.13. The molecule has 0 radical (unpaired) electrons. The number of hydrogen-bond donors (Lipinski definition) is 0. The van der Waals surface area contributed by atoms with Crippen LogP contribution in [0.5, 0.6) is 0 Å². The molecular weight excluding hydrogens is 148 g/mol. The van der Waals surface area contributed by atoms with E-state index in [0.717, 1.165) is 24.7 Å². The first kappa shape index (κ1) is 11.4. The summed E-state index contributed by atoms with van der Waals surface area (Å²) in [6, 6.07) is 0. The summed E-state index contributed by atoms with van der Waals surface area (Å²) in [5.74, 6) is 0. The van der Waals surface area contributed by atoms with E-state index >= 15 is 0 Å². The Bertz CT molecular complexity index is 136. The van der Waals surface area contributed by atoms with Crippen LogP contribution in [0, 0.1) is 0 Å². The van der Waals surface area contributed by atoms with Crippen molar-refractivity contribution in [3.63, 3.8) is 0 Å². The number of rotatable bonds is 7. The molecule has 0 aromatic heterocycles. The van der Waals surface area contributed by atoms with Gasteiger partial charge >= 0.3 is 0 Å². The molecule has 0 aliphatic carbocycles. The molecular formula is C11H20O. The van der Waals surface area contributed by atoms with Gasteiger partial charge in [0.25, 0.3) is 0 Å². The van der Waals surface area contributed by atoms with Crippen LogP contribution in [0.2, 0.25) is 0 Å². The molecule has 1 nitrogen and oxygen atoms in total. The molecule has 0 atom stereocenters. The molecule has 0 aromatic carbocycles. The average Bonchev–Trinajstić information content (AvgIpc) is 2.11. The predicted octanol–water partition coefficient (Wildman–Crippen LogP) is 3.49. The van der Waals surface area contributed by atoms with Gasteiger partial charge in [-0.05, 0) is 24.8 Å². The zero-order valence-corrected chi connectivity index (χ0v) is 8.31. The maximum absolute atomic E-state index is 10.4. The van der Waals surface area contributed by atoms with Crippen LogP contribution in [0.1, 0.15) is 52.4 Å². The van der Waals surface area contributed by atoms with Crippen LogP contribution in [-0.2, 0) is 4.79 Å². The minimum Gasteiger partial charge on any atom is -0.298 e. The van der Waals surface area contributed by atoms with Crippen LogP contribution in [0.4, 0.5) is 0 Å². The van der Waals surface area contributed by atoms with Gasteiger partial charge in [-0.3, -0.25) is 4.79 Å². The summed E-state index contributed by atoms with van der Waals surface area (Å²) >= 11 is 0. The van der Waals surface area contributed by atoms with E-state index in [1.807, 2.05) is 6.92 Å². The van der Waals surface area contributed by atoms with Crippen LogP contribution in [0.3, 0.4) is 0 Å². The number of carbonyl (C=O) groups is 1. The van der Waals surface area contributed by atoms with Crippen molar-refractivity contribution >= 4 is 6.29 Å². The average molecular weight is 168 g/mol. The van der Waals surface area contributed by atoms with Crippen molar-refractivity contribution in [1.29, 1.82) is 0 Å². The Morgan fingerprint density at radius 2 is 1.92 bits per heavy atom. The summed E-state index contributed by atoms with van der Waals surface area (Å²) < 4.78 is 0. The topological polar surface area (TPSA) is 17.1 Å². The minimum absolute atomic E-state index is 0.872. The van der Waals surface area contributed by atoms with Gasteiger partial charge in [0.1, 0.15) is 6.29 Å². The van der Waals surface area contributed by atoms with Crippen LogP contribution in [0.15, 0.2) is 11.6 Å². The summed E-state index contributed by atoms with van der Waals surface area (Å²) in [5, 5.41) is 0. The van der Waals surface area contributed by atoms with Crippen molar-refractivity contribution in [3.8, 4) is 0 Å². The molecule has 0 saturated carbocycles. The predicted molar refractivity (Wildman–Crippen MR) is 53.2 cm³/mol. The van der Waals surface area contributed by atoms with Gasteiger partial charge in [-0.1, -0.05) is 39.2 Å². The molecule has 0 aliphatic heterocycles. The lowest BCUT2D eigenvalue weighted by Gasteiger charge is -1.96. The Labute approximate surface area is 75.9 Å². The minimum atomic E-state index is 0.872. The highest BCUT2D eigenvalue weighted by molar-refractivity contribution is 5.72. The fourth-order valence-corrected chi connectivity index (χ4v) is 1.13. The number of carbonyl (C=O) groups excluding carboxylic acids is 1. The summed E-state index contributed by atoms with van der Waals surface area (Å²) in [5.41, 5.74) is 0.950. The monoisotopic (exact) mass is 168 g/mol. The van der Waals surface area contributed by atoms with Gasteiger partial charge in [-0.15, -0.1) is 0 Å². The fraction of sp³-hybridized carbons (Fsp3) is 0.727. The zero-order chi connectivity index (χ0) is 9.23.